The minimum Gasteiger partial charge on any atom is -0.369 e. The minimum absolute atomic E-state index is 0.0142. The van der Waals surface area contributed by atoms with E-state index in [-0.39, 0.29) is 18.1 Å². The van der Waals surface area contributed by atoms with Gasteiger partial charge in [0.25, 0.3) is 5.91 Å². The van der Waals surface area contributed by atoms with Crippen molar-refractivity contribution in [2.45, 2.75) is 19.4 Å². The molecule has 3 amide bonds. The summed E-state index contributed by atoms with van der Waals surface area (Å²) in [4.78, 5) is 28.0. The van der Waals surface area contributed by atoms with Crippen molar-refractivity contribution >= 4 is 46.9 Å². The van der Waals surface area contributed by atoms with Gasteiger partial charge in [0.05, 0.1) is 12.2 Å². The molecule has 8 heteroatoms. The summed E-state index contributed by atoms with van der Waals surface area (Å²) >= 11 is 12.0. The van der Waals surface area contributed by atoms with Crippen LogP contribution in [0.4, 0.5) is 14.9 Å². The average Bonchev–Trinajstić information content (AvgIpc) is 3.28. The number of nitrogens with zero attached hydrogens (tertiary/aromatic N) is 2. The summed E-state index contributed by atoms with van der Waals surface area (Å²) in [6, 6.07) is 9.13. The molecular weight excluding hydrogens is 416 g/mol. The van der Waals surface area contributed by atoms with E-state index in [0.29, 0.717) is 26.9 Å². The SMILES string of the molecule is O=C1N/C(=C\c2ccc(N3CCCC3)c(F)c2)C(=O)N1Cc1ccc(Cl)cc1Cl. The molecule has 2 fully saturated rings. The third-order valence-electron chi connectivity index (χ3n) is 5.04. The highest BCUT2D eigenvalue weighted by Crippen LogP contribution is 2.27. The van der Waals surface area contributed by atoms with E-state index in [9.17, 15) is 14.0 Å². The Bertz CT molecular complexity index is 1020. The van der Waals surface area contributed by atoms with Crippen molar-refractivity contribution in [2.75, 3.05) is 18.0 Å². The second-order valence-electron chi connectivity index (χ2n) is 7.02. The lowest BCUT2D eigenvalue weighted by Crippen LogP contribution is -2.30. The third kappa shape index (κ3) is 4.09. The molecule has 2 aromatic rings. The van der Waals surface area contributed by atoms with Crippen LogP contribution < -0.4 is 10.2 Å². The maximum atomic E-state index is 14.5. The molecule has 0 unspecified atom stereocenters. The maximum Gasteiger partial charge on any atom is 0.329 e. The first-order valence-corrected chi connectivity index (χ1v) is 10.0. The van der Waals surface area contributed by atoms with Gasteiger partial charge in [0.1, 0.15) is 11.5 Å². The fourth-order valence-corrected chi connectivity index (χ4v) is 4.00. The Hall–Kier alpha value is -2.57. The van der Waals surface area contributed by atoms with Gasteiger partial charge in [0.15, 0.2) is 0 Å². The average molecular weight is 434 g/mol. The fourth-order valence-electron chi connectivity index (χ4n) is 3.53. The highest BCUT2D eigenvalue weighted by molar-refractivity contribution is 6.35. The minimum atomic E-state index is -0.554. The van der Waals surface area contributed by atoms with Crippen molar-refractivity contribution in [2.24, 2.45) is 0 Å². The number of hydrogen-bond donors (Lipinski definition) is 1. The highest BCUT2D eigenvalue weighted by Gasteiger charge is 2.34. The van der Waals surface area contributed by atoms with Crippen LogP contribution in [0, 0.1) is 5.82 Å². The number of halogens is 3. The lowest BCUT2D eigenvalue weighted by Gasteiger charge is -2.18. The maximum absolute atomic E-state index is 14.5. The number of rotatable bonds is 4. The first-order valence-electron chi connectivity index (χ1n) is 9.25. The van der Waals surface area contributed by atoms with Crippen LogP contribution in [0.3, 0.4) is 0 Å². The Morgan fingerprint density at radius 1 is 1.07 bits per heavy atom. The smallest absolute Gasteiger partial charge is 0.329 e. The van der Waals surface area contributed by atoms with Gasteiger partial charge in [-0.3, -0.25) is 9.69 Å². The van der Waals surface area contributed by atoms with Gasteiger partial charge in [-0.1, -0.05) is 35.3 Å². The molecule has 0 aliphatic carbocycles. The predicted molar refractivity (Wildman–Crippen MR) is 111 cm³/mol. The highest BCUT2D eigenvalue weighted by atomic mass is 35.5. The number of anilines is 1. The van der Waals surface area contributed by atoms with Gasteiger partial charge in [-0.15, -0.1) is 0 Å². The zero-order valence-electron chi connectivity index (χ0n) is 15.4. The Kier molecular flexibility index (Phi) is 5.48. The lowest BCUT2D eigenvalue weighted by atomic mass is 10.1. The van der Waals surface area contributed by atoms with Gasteiger partial charge in [-0.2, -0.15) is 0 Å². The molecule has 0 spiro atoms. The van der Waals surface area contributed by atoms with Crippen LogP contribution >= 0.6 is 23.2 Å². The van der Waals surface area contributed by atoms with Crippen molar-refractivity contribution in [3.8, 4) is 0 Å². The summed E-state index contributed by atoms with van der Waals surface area (Å²) in [6.07, 6.45) is 3.58. The molecule has 2 saturated heterocycles. The van der Waals surface area contributed by atoms with E-state index < -0.39 is 11.9 Å². The van der Waals surface area contributed by atoms with Crippen LogP contribution in [0.2, 0.25) is 10.0 Å². The van der Waals surface area contributed by atoms with E-state index >= 15 is 0 Å². The Morgan fingerprint density at radius 3 is 2.52 bits per heavy atom. The van der Waals surface area contributed by atoms with Crippen LogP contribution in [0.5, 0.6) is 0 Å². The fraction of sp³-hybridized carbons (Fsp3) is 0.238. The van der Waals surface area contributed by atoms with Crippen LogP contribution in [0.25, 0.3) is 6.08 Å². The molecule has 0 radical (unpaired) electrons. The lowest BCUT2D eigenvalue weighted by molar-refractivity contribution is -0.123. The molecule has 0 bridgehead atoms. The van der Waals surface area contributed by atoms with Gasteiger partial charge in [-0.25, -0.2) is 9.18 Å². The van der Waals surface area contributed by atoms with Gasteiger partial charge < -0.3 is 10.2 Å². The van der Waals surface area contributed by atoms with Crippen LogP contribution in [0.1, 0.15) is 24.0 Å². The molecule has 2 heterocycles. The molecule has 2 aliphatic heterocycles. The standard InChI is InChI=1S/C21H18Cl2FN3O2/c22-15-5-4-14(16(23)11-15)12-27-20(28)18(25-21(27)29)10-13-3-6-19(17(24)9-13)26-7-1-2-8-26/h3-6,9-11H,1-2,7-8,12H2,(H,25,29)/b18-10-. The Labute approximate surface area is 177 Å². The first kappa shape index (κ1) is 19.7. The van der Waals surface area contributed by atoms with E-state index in [1.807, 2.05) is 4.90 Å². The van der Waals surface area contributed by atoms with Crippen molar-refractivity contribution in [3.05, 3.63) is 69.1 Å². The summed E-state index contributed by atoms with van der Waals surface area (Å²) in [7, 11) is 0. The molecule has 4 rings (SSSR count). The van der Waals surface area contributed by atoms with Crippen LogP contribution in [0.15, 0.2) is 42.1 Å². The first-order chi connectivity index (χ1) is 13.9. The molecule has 0 aromatic heterocycles. The number of urea groups is 1. The van der Waals surface area contributed by atoms with Gasteiger partial charge >= 0.3 is 6.03 Å². The van der Waals surface area contributed by atoms with E-state index in [0.717, 1.165) is 30.8 Å². The summed E-state index contributed by atoms with van der Waals surface area (Å²) in [5.41, 5.74) is 1.75. The summed E-state index contributed by atoms with van der Waals surface area (Å²) in [6.45, 7) is 1.70. The summed E-state index contributed by atoms with van der Waals surface area (Å²) in [5.74, 6) is -0.840. The number of carbonyl (C=O) groups excluding carboxylic acids is 2. The van der Waals surface area contributed by atoms with Gasteiger partial charge in [0.2, 0.25) is 0 Å². The third-order valence-corrected chi connectivity index (χ3v) is 5.62. The number of amides is 3. The molecular formula is C21H18Cl2FN3O2. The van der Waals surface area contributed by atoms with E-state index in [1.165, 1.54) is 12.1 Å². The van der Waals surface area contributed by atoms with Crippen molar-refractivity contribution < 1.29 is 14.0 Å². The molecule has 150 valence electrons. The zero-order valence-corrected chi connectivity index (χ0v) is 16.9. The summed E-state index contributed by atoms with van der Waals surface area (Å²) in [5, 5.41) is 3.38. The molecule has 29 heavy (non-hydrogen) atoms. The number of carbonyl (C=O) groups is 2. The number of imide groups is 1. The quantitative estimate of drug-likeness (QED) is 0.554. The summed E-state index contributed by atoms with van der Waals surface area (Å²) < 4.78 is 14.5. The molecule has 0 saturated carbocycles. The van der Waals surface area contributed by atoms with Crippen LogP contribution in [-0.2, 0) is 11.3 Å². The number of benzene rings is 2. The second-order valence-corrected chi connectivity index (χ2v) is 7.86. The second kappa shape index (κ2) is 8.05. The van der Waals surface area contributed by atoms with Crippen molar-refractivity contribution in [1.29, 1.82) is 0 Å². The zero-order chi connectivity index (χ0) is 20.5. The molecule has 1 N–H and O–H groups in total. The van der Waals surface area contributed by atoms with Crippen molar-refractivity contribution in [1.82, 2.24) is 10.2 Å². The topological polar surface area (TPSA) is 52.7 Å². The molecule has 0 atom stereocenters. The van der Waals surface area contributed by atoms with Crippen LogP contribution in [-0.4, -0.2) is 29.9 Å². The van der Waals surface area contributed by atoms with E-state index in [1.54, 1.807) is 30.3 Å². The Balaban J connectivity index is 1.53. The van der Waals surface area contributed by atoms with E-state index in [2.05, 4.69) is 5.32 Å². The number of hydrogen-bond acceptors (Lipinski definition) is 3. The predicted octanol–water partition coefficient (Wildman–Crippen LogP) is 4.83. The molecule has 2 aliphatic rings. The monoisotopic (exact) mass is 433 g/mol. The largest absolute Gasteiger partial charge is 0.369 e. The van der Waals surface area contributed by atoms with Crippen molar-refractivity contribution in [3.63, 3.8) is 0 Å². The molecule has 5 nitrogen and oxygen atoms in total. The number of nitrogens with one attached hydrogen (secondary N) is 1. The normalized spacial score (nSPS) is 18.1. The van der Waals surface area contributed by atoms with Gasteiger partial charge in [-0.05, 0) is 54.3 Å². The van der Waals surface area contributed by atoms with Gasteiger partial charge in [0, 0.05) is 23.1 Å². The Morgan fingerprint density at radius 2 is 1.83 bits per heavy atom. The van der Waals surface area contributed by atoms with E-state index in [4.69, 9.17) is 23.2 Å². The molecule has 2 aromatic carbocycles.